The number of hydrogen-bond donors (Lipinski definition) is 4. The van der Waals surface area contributed by atoms with Crippen molar-refractivity contribution in [1.29, 1.82) is 5.41 Å². The molecule has 9 heteroatoms. The fourth-order valence-corrected chi connectivity index (χ4v) is 4.65. The van der Waals surface area contributed by atoms with Gasteiger partial charge in [0.15, 0.2) is 0 Å². The van der Waals surface area contributed by atoms with E-state index < -0.39 is 5.91 Å². The number of amides is 2. The molecule has 3 heterocycles. The number of anilines is 2. The monoisotopic (exact) mass is 464 g/mol. The molecule has 0 atom stereocenters. The Morgan fingerprint density at radius 3 is 2.74 bits per heavy atom. The molecule has 3 aliphatic heterocycles. The molecule has 1 aromatic carbocycles. The fraction of sp³-hybridized carbons (Fsp3) is 0.440. The molecule has 1 aromatic rings. The minimum Gasteiger partial charge on any atom is -0.487 e. The van der Waals surface area contributed by atoms with Gasteiger partial charge in [-0.2, -0.15) is 0 Å². The van der Waals surface area contributed by atoms with Gasteiger partial charge in [-0.3, -0.25) is 9.59 Å². The summed E-state index contributed by atoms with van der Waals surface area (Å²) in [6, 6.07) is 3.99. The number of piperidine rings is 1. The SMILES string of the molecule is CNC(=O)CC1CCN(c2cc3c(cc2NC(=O)/C(C=N)=C2\N=CC=CN2)CC(C)(C)O3)CC1. The van der Waals surface area contributed by atoms with Crippen molar-refractivity contribution in [2.75, 3.05) is 30.4 Å². The van der Waals surface area contributed by atoms with Crippen LogP contribution in [0.3, 0.4) is 0 Å². The van der Waals surface area contributed by atoms with Gasteiger partial charge in [-0.25, -0.2) is 4.99 Å². The van der Waals surface area contributed by atoms with Crippen LogP contribution in [0.5, 0.6) is 5.75 Å². The van der Waals surface area contributed by atoms with E-state index in [4.69, 9.17) is 10.1 Å². The summed E-state index contributed by atoms with van der Waals surface area (Å²) in [7, 11) is 1.67. The number of carbonyl (C=O) groups is 2. The molecule has 180 valence electrons. The summed E-state index contributed by atoms with van der Waals surface area (Å²) in [5.41, 5.74) is 2.45. The number of nitrogens with zero attached hydrogens (tertiary/aromatic N) is 2. The number of aliphatic imine (C=N–C) groups is 1. The van der Waals surface area contributed by atoms with Gasteiger partial charge in [0.05, 0.1) is 16.9 Å². The Morgan fingerprint density at radius 2 is 2.09 bits per heavy atom. The lowest BCUT2D eigenvalue weighted by Gasteiger charge is -2.34. The standard InChI is InChI=1S/C25H32N6O3/c1-25(2)14-17-12-19(30-24(33)18(15-26)23-28-7-4-8-29-23)20(13-21(17)34-25)31-9-5-16(6-10-31)11-22(32)27-3/h4,7-8,12-13,15-16,26,28H,5-6,9-11,14H2,1-3H3,(H,27,32)(H,30,33)/b23-18-,26-15?. The largest absolute Gasteiger partial charge is 0.487 e. The van der Waals surface area contributed by atoms with Crippen LogP contribution in [0.15, 0.2) is 40.8 Å². The molecule has 9 nitrogen and oxygen atoms in total. The Kier molecular flexibility index (Phi) is 6.72. The van der Waals surface area contributed by atoms with E-state index in [0.29, 0.717) is 23.8 Å². The highest BCUT2D eigenvalue weighted by Crippen LogP contribution is 2.42. The number of ether oxygens (including phenoxy) is 1. The molecule has 1 fully saturated rings. The molecule has 0 saturated carbocycles. The van der Waals surface area contributed by atoms with Crippen LogP contribution in [-0.4, -0.2) is 50.0 Å². The lowest BCUT2D eigenvalue weighted by molar-refractivity contribution is -0.121. The van der Waals surface area contributed by atoms with E-state index >= 15 is 0 Å². The normalized spacial score (nSPS) is 20.1. The Morgan fingerprint density at radius 1 is 1.32 bits per heavy atom. The molecule has 0 bridgehead atoms. The Bertz CT molecular complexity index is 1080. The second-order valence-electron chi connectivity index (χ2n) is 9.47. The highest BCUT2D eigenvalue weighted by atomic mass is 16.5. The van der Waals surface area contributed by atoms with Gasteiger partial charge in [-0.1, -0.05) is 0 Å². The maximum atomic E-state index is 13.2. The Balaban J connectivity index is 1.60. The van der Waals surface area contributed by atoms with Crippen molar-refractivity contribution < 1.29 is 14.3 Å². The van der Waals surface area contributed by atoms with Gasteiger partial charge in [-0.15, -0.1) is 0 Å². The summed E-state index contributed by atoms with van der Waals surface area (Å²) in [5.74, 6) is 1.17. The van der Waals surface area contributed by atoms with Gasteiger partial charge in [0, 0.05) is 63.2 Å². The molecule has 0 spiro atoms. The van der Waals surface area contributed by atoms with E-state index in [0.717, 1.165) is 55.6 Å². The van der Waals surface area contributed by atoms with Crippen LogP contribution in [-0.2, 0) is 16.0 Å². The van der Waals surface area contributed by atoms with Gasteiger partial charge >= 0.3 is 0 Å². The quantitative estimate of drug-likeness (QED) is 0.381. The van der Waals surface area contributed by atoms with E-state index in [2.05, 4.69) is 25.8 Å². The minimum absolute atomic E-state index is 0.0700. The highest BCUT2D eigenvalue weighted by Gasteiger charge is 2.33. The van der Waals surface area contributed by atoms with Crippen molar-refractivity contribution in [2.45, 2.75) is 45.1 Å². The predicted molar refractivity (Wildman–Crippen MR) is 134 cm³/mol. The van der Waals surface area contributed by atoms with Crippen LogP contribution in [0.25, 0.3) is 0 Å². The zero-order chi connectivity index (χ0) is 24.3. The molecule has 4 N–H and O–H groups in total. The predicted octanol–water partition coefficient (Wildman–Crippen LogP) is 2.74. The zero-order valence-electron chi connectivity index (χ0n) is 19.9. The molecule has 34 heavy (non-hydrogen) atoms. The van der Waals surface area contributed by atoms with Crippen molar-refractivity contribution in [3.05, 3.63) is 41.4 Å². The van der Waals surface area contributed by atoms with Crippen molar-refractivity contribution in [3.8, 4) is 5.75 Å². The molecular formula is C25H32N6O3. The number of allylic oxidation sites excluding steroid dienone is 1. The average molecular weight is 465 g/mol. The van der Waals surface area contributed by atoms with Gasteiger partial charge in [0.1, 0.15) is 17.2 Å². The number of carbonyl (C=O) groups excluding carboxylic acids is 2. The summed E-state index contributed by atoms with van der Waals surface area (Å²) in [5, 5.41) is 16.4. The molecule has 4 rings (SSSR count). The number of benzene rings is 1. The maximum Gasteiger partial charge on any atom is 0.261 e. The fourth-order valence-electron chi connectivity index (χ4n) is 4.65. The molecule has 0 unspecified atom stereocenters. The third-order valence-electron chi connectivity index (χ3n) is 6.39. The highest BCUT2D eigenvalue weighted by molar-refractivity contribution is 6.18. The maximum absolute atomic E-state index is 13.2. The Hall–Kier alpha value is -3.62. The van der Waals surface area contributed by atoms with E-state index in [9.17, 15) is 9.59 Å². The van der Waals surface area contributed by atoms with Gasteiger partial charge in [0.25, 0.3) is 5.91 Å². The summed E-state index contributed by atoms with van der Waals surface area (Å²) in [6.07, 6.45) is 9.04. The molecule has 1 saturated heterocycles. The first-order chi connectivity index (χ1) is 16.3. The number of hydrogen-bond acceptors (Lipinski definition) is 7. The topological polar surface area (TPSA) is 119 Å². The Labute approximate surface area is 199 Å². The van der Waals surface area contributed by atoms with Crippen LogP contribution in [0, 0.1) is 11.3 Å². The molecule has 0 aliphatic carbocycles. The van der Waals surface area contributed by atoms with E-state index in [1.54, 1.807) is 25.5 Å². The number of nitrogens with one attached hydrogen (secondary N) is 4. The molecule has 2 amide bonds. The van der Waals surface area contributed by atoms with E-state index in [1.165, 1.54) is 0 Å². The first-order valence-electron chi connectivity index (χ1n) is 11.6. The smallest absolute Gasteiger partial charge is 0.261 e. The van der Waals surface area contributed by atoms with Crippen molar-refractivity contribution in [3.63, 3.8) is 0 Å². The van der Waals surface area contributed by atoms with Crippen molar-refractivity contribution in [2.24, 2.45) is 10.9 Å². The van der Waals surface area contributed by atoms with Gasteiger partial charge in [-0.05, 0) is 44.7 Å². The third kappa shape index (κ3) is 5.13. The number of rotatable bonds is 6. The van der Waals surface area contributed by atoms with Crippen LogP contribution in [0.2, 0.25) is 0 Å². The van der Waals surface area contributed by atoms with Crippen molar-refractivity contribution >= 4 is 35.6 Å². The lowest BCUT2D eigenvalue weighted by atomic mass is 9.92. The second-order valence-corrected chi connectivity index (χ2v) is 9.47. The summed E-state index contributed by atoms with van der Waals surface area (Å²) >= 11 is 0. The number of fused-ring (bicyclic) bond motifs is 1. The van der Waals surface area contributed by atoms with Crippen molar-refractivity contribution in [1.82, 2.24) is 10.6 Å². The van der Waals surface area contributed by atoms with Crippen LogP contribution in [0.1, 0.15) is 38.7 Å². The van der Waals surface area contributed by atoms with E-state index in [-0.39, 0.29) is 17.1 Å². The first-order valence-corrected chi connectivity index (χ1v) is 11.6. The second kappa shape index (κ2) is 9.70. The molecule has 0 aromatic heterocycles. The van der Waals surface area contributed by atoms with Crippen LogP contribution < -0.4 is 25.6 Å². The summed E-state index contributed by atoms with van der Waals surface area (Å²) in [4.78, 5) is 31.4. The minimum atomic E-state index is -0.404. The summed E-state index contributed by atoms with van der Waals surface area (Å²) < 4.78 is 6.16. The van der Waals surface area contributed by atoms with E-state index in [1.807, 2.05) is 26.0 Å². The molecular weight excluding hydrogens is 432 g/mol. The first kappa shape index (κ1) is 23.5. The molecule has 0 radical (unpaired) electrons. The average Bonchev–Trinajstić information content (AvgIpc) is 3.13. The third-order valence-corrected chi connectivity index (χ3v) is 6.39. The lowest BCUT2D eigenvalue weighted by Crippen LogP contribution is -2.36. The summed E-state index contributed by atoms with van der Waals surface area (Å²) in [6.45, 7) is 5.66. The van der Waals surface area contributed by atoms with Gasteiger partial charge in [0.2, 0.25) is 5.91 Å². The van der Waals surface area contributed by atoms with Crippen LogP contribution in [0.4, 0.5) is 11.4 Å². The van der Waals surface area contributed by atoms with Crippen LogP contribution >= 0.6 is 0 Å². The zero-order valence-corrected chi connectivity index (χ0v) is 19.9. The van der Waals surface area contributed by atoms with Gasteiger partial charge < -0.3 is 31.0 Å². The molecule has 3 aliphatic rings.